The van der Waals surface area contributed by atoms with E-state index in [0.29, 0.717) is 0 Å². The Hall–Kier alpha value is -0.650. The maximum Gasteiger partial charge on any atom is 0.310 e. The van der Waals surface area contributed by atoms with Crippen molar-refractivity contribution in [1.29, 1.82) is 0 Å². The molecule has 0 aliphatic carbocycles. The normalized spacial score (nSPS) is 12.9. The lowest BCUT2D eigenvalue weighted by Gasteiger charge is -2.08. The first-order chi connectivity index (χ1) is 5.22. The van der Waals surface area contributed by atoms with Crippen molar-refractivity contribution in [3.05, 3.63) is 0 Å². The highest BCUT2D eigenvalue weighted by Crippen LogP contribution is 1.94. The molecule has 0 unspecified atom stereocenters. The van der Waals surface area contributed by atoms with Crippen molar-refractivity contribution in [2.45, 2.75) is 0 Å². The van der Waals surface area contributed by atoms with Gasteiger partial charge < -0.3 is 20.7 Å². The molecule has 5 heteroatoms. The molecule has 0 aliphatic heterocycles. The van der Waals surface area contributed by atoms with Gasteiger partial charge in [0.25, 0.3) is 0 Å². The molecule has 0 heterocycles. The van der Waals surface area contributed by atoms with Crippen molar-refractivity contribution < 1.29 is 19.7 Å². The van der Waals surface area contributed by atoms with Crippen LogP contribution >= 0.6 is 0 Å². The fourth-order valence-corrected chi connectivity index (χ4v) is 0.530. The third-order valence-electron chi connectivity index (χ3n) is 1.19. The Kier molecular flexibility index (Phi) is 5.73. The van der Waals surface area contributed by atoms with Gasteiger partial charge >= 0.3 is 5.97 Å². The lowest BCUT2D eigenvalue weighted by molar-refractivity contribution is -0.143. The van der Waals surface area contributed by atoms with E-state index in [-0.39, 0.29) is 26.4 Å². The summed E-state index contributed by atoms with van der Waals surface area (Å²) in [7, 11) is 0. The van der Waals surface area contributed by atoms with Crippen LogP contribution in [-0.4, -0.2) is 42.5 Å². The van der Waals surface area contributed by atoms with Crippen molar-refractivity contribution in [3.63, 3.8) is 0 Å². The monoisotopic (exact) mass is 163 g/mol. The van der Waals surface area contributed by atoms with Gasteiger partial charge in [0.2, 0.25) is 0 Å². The van der Waals surface area contributed by atoms with E-state index in [2.05, 4.69) is 0 Å². The minimum absolute atomic E-state index is 0.0563. The molecule has 0 aromatic heterocycles. The van der Waals surface area contributed by atoms with Crippen LogP contribution in [0.4, 0.5) is 0 Å². The van der Waals surface area contributed by atoms with Gasteiger partial charge in [-0.2, -0.15) is 0 Å². The minimum atomic E-state index is -0.967. The number of hydrogen-bond acceptors (Lipinski definition) is 4. The molecule has 0 saturated heterocycles. The van der Waals surface area contributed by atoms with Gasteiger partial charge in [-0.05, 0) is 0 Å². The Bertz CT molecular complexity index is 117. The van der Waals surface area contributed by atoms with Gasteiger partial charge in [-0.1, -0.05) is 0 Å². The second-order valence-electron chi connectivity index (χ2n) is 2.07. The van der Waals surface area contributed by atoms with E-state index in [1.54, 1.807) is 0 Å². The molecule has 0 rings (SSSR count). The highest BCUT2D eigenvalue weighted by molar-refractivity contribution is 5.70. The fraction of sp³-hybridized carbons (Fsp3) is 0.833. The van der Waals surface area contributed by atoms with Gasteiger partial charge in [0.05, 0.1) is 25.7 Å². The van der Waals surface area contributed by atoms with E-state index in [1.807, 2.05) is 0 Å². The highest BCUT2D eigenvalue weighted by atomic mass is 16.5. The summed E-state index contributed by atoms with van der Waals surface area (Å²) in [6, 6.07) is 0. The minimum Gasteiger partial charge on any atom is -0.481 e. The number of aliphatic carboxylic acids is 1. The molecule has 0 aromatic rings. The van der Waals surface area contributed by atoms with Gasteiger partial charge in [0.1, 0.15) is 0 Å². The SMILES string of the molecule is NC[C@@H](COCCO)C(=O)O. The van der Waals surface area contributed by atoms with Crippen molar-refractivity contribution in [3.8, 4) is 0 Å². The molecule has 0 radical (unpaired) electrons. The molecule has 0 aromatic carbocycles. The molecule has 1 atom stereocenters. The van der Waals surface area contributed by atoms with Crippen LogP contribution in [0.25, 0.3) is 0 Å². The summed E-state index contributed by atoms with van der Waals surface area (Å²) in [4.78, 5) is 10.3. The number of carbonyl (C=O) groups is 1. The molecule has 0 fully saturated rings. The van der Waals surface area contributed by atoms with E-state index in [4.69, 9.17) is 20.7 Å². The van der Waals surface area contributed by atoms with Crippen LogP contribution < -0.4 is 5.73 Å². The van der Waals surface area contributed by atoms with Crippen LogP contribution in [0.5, 0.6) is 0 Å². The number of carboxylic acid groups (broad SMARTS) is 1. The number of hydrogen-bond donors (Lipinski definition) is 3. The molecule has 66 valence electrons. The molecule has 0 aliphatic rings. The summed E-state index contributed by atoms with van der Waals surface area (Å²) in [6.45, 7) is 0.174. The zero-order chi connectivity index (χ0) is 8.69. The van der Waals surface area contributed by atoms with Crippen molar-refractivity contribution in [1.82, 2.24) is 0 Å². The molecular weight excluding hydrogens is 150 g/mol. The second-order valence-corrected chi connectivity index (χ2v) is 2.07. The zero-order valence-electron chi connectivity index (χ0n) is 6.19. The lowest BCUT2D eigenvalue weighted by Crippen LogP contribution is -2.28. The summed E-state index contributed by atoms with van der Waals surface area (Å²) in [5.74, 6) is -1.63. The number of aliphatic hydroxyl groups excluding tert-OH is 1. The second kappa shape index (κ2) is 6.09. The van der Waals surface area contributed by atoms with Crippen LogP contribution in [0.15, 0.2) is 0 Å². The maximum absolute atomic E-state index is 10.3. The Balaban J connectivity index is 3.44. The number of aliphatic hydroxyl groups is 1. The summed E-state index contributed by atoms with van der Waals surface area (Å²) in [5, 5.41) is 16.7. The topological polar surface area (TPSA) is 92.8 Å². The Labute approximate surface area is 64.8 Å². The molecule has 0 saturated carbocycles. The van der Waals surface area contributed by atoms with Crippen molar-refractivity contribution >= 4 is 5.97 Å². The van der Waals surface area contributed by atoms with E-state index < -0.39 is 11.9 Å². The number of nitrogens with two attached hydrogens (primary N) is 1. The van der Waals surface area contributed by atoms with Crippen LogP contribution in [-0.2, 0) is 9.53 Å². The highest BCUT2D eigenvalue weighted by Gasteiger charge is 2.14. The van der Waals surface area contributed by atoms with E-state index >= 15 is 0 Å². The fourth-order valence-electron chi connectivity index (χ4n) is 0.530. The molecule has 4 N–H and O–H groups in total. The van der Waals surface area contributed by atoms with Gasteiger partial charge in [-0.25, -0.2) is 0 Å². The first-order valence-corrected chi connectivity index (χ1v) is 3.33. The lowest BCUT2D eigenvalue weighted by atomic mass is 10.2. The first kappa shape index (κ1) is 10.3. The van der Waals surface area contributed by atoms with Gasteiger partial charge in [0.15, 0.2) is 0 Å². The van der Waals surface area contributed by atoms with Crippen LogP contribution in [0, 0.1) is 5.92 Å². The van der Waals surface area contributed by atoms with Gasteiger partial charge in [0, 0.05) is 6.54 Å². The molecule has 11 heavy (non-hydrogen) atoms. The average molecular weight is 163 g/mol. The van der Waals surface area contributed by atoms with Crippen LogP contribution in [0.1, 0.15) is 0 Å². The van der Waals surface area contributed by atoms with Gasteiger partial charge in [-0.3, -0.25) is 4.79 Å². The standard InChI is InChI=1S/C6H13NO4/c7-3-5(6(9)10)4-11-2-1-8/h5,8H,1-4,7H2,(H,9,10)/t5-/m0/s1. The van der Waals surface area contributed by atoms with Crippen LogP contribution in [0.3, 0.4) is 0 Å². The Morgan fingerprint density at radius 2 is 2.27 bits per heavy atom. The number of ether oxygens (including phenoxy) is 1. The predicted molar refractivity (Wildman–Crippen MR) is 38.1 cm³/mol. The molecule has 0 amide bonds. The quantitative estimate of drug-likeness (QED) is 0.421. The predicted octanol–water partition coefficient (Wildman–Crippen LogP) is -1.35. The van der Waals surface area contributed by atoms with Crippen molar-refractivity contribution in [2.24, 2.45) is 11.7 Å². The zero-order valence-corrected chi connectivity index (χ0v) is 6.19. The largest absolute Gasteiger partial charge is 0.481 e. The molecule has 0 bridgehead atoms. The summed E-state index contributed by atoms with van der Waals surface area (Å²) >= 11 is 0. The number of carboxylic acids is 1. The van der Waals surface area contributed by atoms with E-state index in [9.17, 15) is 4.79 Å². The molecular formula is C6H13NO4. The van der Waals surface area contributed by atoms with Gasteiger partial charge in [-0.15, -0.1) is 0 Å². The summed E-state index contributed by atoms with van der Waals surface area (Å²) < 4.78 is 4.79. The summed E-state index contributed by atoms with van der Waals surface area (Å²) in [6.07, 6.45) is 0. The molecule has 0 spiro atoms. The third-order valence-corrected chi connectivity index (χ3v) is 1.19. The number of rotatable bonds is 6. The molecule has 5 nitrogen and oxygen atoms in total. The Morgan fingerprint density at radius 3 is 2.64 bits per heavy atom. The maximum atomic E-state index is 10.3. The first-order valence-electron chi connectivity index (χ1n) is 3.33. The Morgan fingerprint density at radius 1 is 1.64 bits per heavy atom. The van der Waals surface area contributed by atoms with Crippen molar-refractivity contribution in [2.75, 3.05) is 26.4 Å². The van der Waals surface area contributed by atoms with E-state index in [0.717, 1.165) is 0 Å². The average Bonchev–Trinajstić information content (AvgIpc) is 1.97. The van der Waals surface area contributed by atoms with Crippen LogP contribution in [0.2, 0.25) is 0 Å². The smallest absolute Gasteiger partial charge is 0.310 e. The summed E-state index contributed by atoms with van der Waals surface area (Å²) in [5.41, 5.74) is 5.13. The van der Waals surface area contributed by atoms with E-state index in [1.165, 1.54) is 0 Å². The third kappa shape index (κ3) is 4.72.